The van der Waals surface area contributed by atoms with Gasteiger partial charge in [-0.25, -0.2) is 4.79 Å². The van der Waals surface area contributed by atoms with Crippen molar-refractivity contribution < 1.29 is 28.6 Å². The molecular formula is C29H31NO6. The first kappa shape index (κ1) is 25.2. The summed E-state index contributed by atoms with van der Waals surface area (Å²) in [5.41, 5.74) is 3.98. The van der Waals surface area contributed by atoms with Crippen molar-refractivity contribution in [1.82, 2.24) is 5.32 Å². The lowest BCUT2D eigenvalue weighted by atomic mass is 9.69. The molecule has 0 spiro atoms. The number of hydrogen-bond donors (Lipinski definition) is 1. The highest BCUT2D eigenvalue weighted by Crippen LogP contribution is 2.45. The van der Waals surface area contributed by atoms with E-state index in [-0.39, 0.29) is 24.9 Å². The number of aryl methyl sites for hydroxylation is 1. The Balaban J connectivity index is 1.63. The fraction of sp³-hybridized carbons (Fsp3) is 0.345. The monoisotopic (exact) mass is 489 g/mol. The topological polar surface area (TPSA) is 90.9 Å². The standard InChI is InChI=1S/C29H31NO6/c1-17-10-12-20(13-11-17)25-24(29(33)36-15-14-35-21-8-6-5-7-9-21)19(3)30-22-16-18(2)23(28(32)34-4)27(31)26(22)25/h5-13,18,23,25,30H,14-16H2,1-4H3. The van der Waals surface area contributed by atoms with Gasteiger partial charge in [0.05, 0.1) is 12.7 Å². The lowest BCUT2D eigenvalue weighted by Gasteiger charge is -2.38. The van der Waals surface area contributed by atoms with Crippen LogP contribution in [0.2, 0.25) is 0 Å². The van der Waals surface area contributed by atoms with Crippen molar-refractivity contribution in [3.05, 3.63) is 88.3 Å². The number of Topliss-reactive ketones (excluding diaryl/α,β-unsaturated/α-hetero) is 1. The molecule has 0 bridgehead atoms. The lowest BCUT2D eigenvalue weighted by Crippen LogP contribution is -2.43. The summed E-state index contributed by atoms with van der Waals surface area (Å²) in [7, 11) is 1.28. The molecule has 2 aliphatic rings. The van der Waals surface area contributed by atoms with Gasteiger partial charge in [0.2, 0.25) is 0 Å². The molecule has 0 saturated carbocycles. The summed E-state index contributed by atoms with van der Waals surface area (Å²) in [6, 6.07) is 17.0. The second kappa shape index (κ2) is 10.8. The van der Waals surface area contributed by atoms with Crippen LogP contribution in [0.1, 0.15) is 37.3 Å². The number of nitrogens with one attached hydrogen (secondary N) is 1. The maximum Gasteiger partial charge on any atom is 0.336 e. The van der Waals surface area contributed by atoms with E-state index in [9.17, 15) is 14.4 Å². The number of ketones is 1. The molecule has 0 saturated heterocycles. The third kappa shape index (κ3) is 5.05. The minimum atomic E-state index is -0.918. The molecule has 3 atom stereocenters. The molecule has 0 radical (unpaired) electrons. The molecule has 188 valence electrons. The summed E-state index contributed by atoms with van der Waals surface area (Å²) in [5.74, 6) is -2.53. The number of carbonyl (C=O) groups excluding carboxylic acids is 3. The molecule has 36 heavy (non-hydrogen) atoms. The summed E-state index contributed by atoms with van der Waals surface area (Å²) in [6.07, 6.45) is 0.494. The Hall–Kier alpha value is -3.87. The second-order valence-corrected chi connectivity index (χ2v) is 9.24. The maximum atomic E-state index is 13.7. The van der Waals surface area contributed by atoms with Gasteiger partial charge in [0.15, 0.2) is 5.78 Å². The zero-order valence-electron chi connectivity index (χ0n) is 21.0. The molecule has 1 heterocycles. The van der Waals surface area contributed by atoms with Crippen molar-refractivity contribution in [2.45, 2.75) is 33.1 Å². The molecule has 1 aliphatic carbocycles. The predicted octanol–water partition coefficient (Wildman–Crippen LogP) is 4.23. The van der Waals surface area contributed by atoms with Gasteiger partial charge < -0.3 is 19.5 Å². The molecule has 2 aromatic rings. The van der Waals surface area contributed by atoms with Gasteiger partial charge in [-0.2, -0.15) is 0 Å². The molecule has 2 aromatic carbocycles. The van der Waals surface area contributed by atoms with Crippen molar-refractivity contribution in [1.29, 1.82) is 0 Å². The Morgan fingerprint density at radius 1 is 1.00 bits per heavy atom. The molecule has 3 unspecified atom stereocenters. The van der Waals surface area contributed by atoms with Gasteiger partial charge in [-0.1, -0.05) is 55.0 Å². The van der Waals surface area contributed by atoms with Crippen LogP contribution in [0.4, 0.5) is 0 Å². The fourth-order valence-corrected chi connectivity index (χ4v) is 4.93. The number of methoxy groups -OCH3 is 1. The summed E-state index contributed by atoms with van der Waals surface area (Å²) < 4.78 is 16.2. The van der Waals surface area contributed by atoms with Crippen molar-refractivity contribution in [3.63, 3.8) is 0 Å². The largest absolute Gasteiger partial charge is 0.490 e. The van der Waals surface area contributed by atoms with Gasteiger partial charge in [0.1, 0.15) is 24.9 Å². The van der Waals surface area contributed by atoms with E-state index in [0.29, 0.717) is 29.0 Å². The van der Waals surface area contributed by atoms with Crippen LogP contribution < -0.4 is 10.1 Å². The van der Waals surface area contributed by atoms with E-state index in [1.54, 1.807) is 0 Å². The van der Waals surface area contributed by atoms with Crippen molar-refractivity contribution in [2.75, 3.05) is 20.3 Å². The minimum Gasteiger partial charge on any atom is -0.490 e. The van der Waals surface area contributed by atoms with E-state index < -0.39 is 23.8 Å². The van der Waals surface area contributed by atoms with E-state index in [0.717, 1.165) is 16.8 Å². The highest BCUT2D eigenvalue weighted by molar-refractivity contribution is 6.12. The van der Waals surface area contributed by atoms with Crippen molar-refractivity contribution in [2.24, 2.45) is 11.8 Å². The van der Waals surface area contributed by atoms with Crippen molar-refractivity contribution in [3.8, 4) is 5.75 Å². The van der Waals surface area contributed by atoms with Crippen LogP contribution in [0.25, 0.3) is 0 Å². The first-order chi connectivity index (χ1) is 17.3. The molecule has 1 N–H and O–H groups in total. The lowest BCUT2D eigenvalue weighted by molar-refractivity contribution is -0.151. The molecule has 7 nitrogen and oxygen atoms in total. The maximum absolute atomic E-state index is 13.7. The molecule has 0 aromatic heterocycles. The molecular weight excluding hydrogens is 458 g/mol. The number of dihydropyridines is 1. The van der Waals surface area contributed by atoms with Crippen LogP contribution >= 0.6 is 0 Å². The fourth-order valence-electron chi connectivity index (χ4n) is 4.93. The predicted molar refractivity (Wildman–Crippen MR) is 134 cm³/mol. The number of allylic oxidation sites excluding steroid dienone is 3. The average molecular weight is 490 g/mol. The van der Waals surface area contributed by atoms with Crippen molar-refractivity contribution >= 4 is 17.7 Å². The SMILES string of the molecule is COC(=O)C1C(=O)C2=C(CC1C)NC(C)=C(C(=O)OCCOc1ccccc1)C2c1ccc(C)cc1. The summed E-state index contributed by atoms with van der Waals surface area (Å²) in [5, 5.41) is 3.27. The highest BCUT2D eigenvalue weighted by atomic mass is 16.6. The number of benzene rings is 2. The molecule has 4 rings (SSSR count). The Morgan fingerprint density at radius 3 is 2.36 bits per heavy atom. The third-order valence-corrected chi connectivity index (χ3v) is 6.70. The number of para-hydroxylation sites is 1. The van der Waals surface area contributed by atoms with E-state index in [1.807, 2.05) is 75.4 Å². The van der Waals surface area contributed by atoms with Gasteiger partial charge in [0, 0.05) is 22.9 Å². The summed E-state index contributed by atoms with van der Waals surface area (Å²) in [4.78, 5) is 39.6. The van der Waals surface area contributed by atoms with Crippen LogP contribution in [0.3, 0.4) is 0 Å². The zero-order chi connectivity index (χ0) is 25.8. The zero-order valence-corrected chi connectivity index (χ0v) is 21.0. The first-order valence-electron chi connectivity index (χ1n) is 12.1. The average Bonchev–Trinajstić information content (AvgIpc) is 2.86. The molecule has 0 amide bonds. The Kier molecular flexibility index (Phi) is 7.58. The normalized spacial score (nSPS) is 21.4. The van der Waals surface area contributed by atoms with Crippen LogP contribution in [0.15, 0.2) is 77.1 Å². The van der Waals surface area contributed by atoms with Gasteiger partial charge >= 0.3 is 11.9 Å². The van der Waals surface area contributed by atoms with E-state index in [4.69, 9.17) is 14.2 Å². The van der Waals surface area contributed by atoms with E-state index >= 15 is 0 Å². The Bertz CT molecular complexity index is 1210. The second-order valence-electron chi connectivity index (χ2n) is 9.24. The number of rotatable bonds is 7. The minimum absolute atomic E-state index is 0.0484. The third-order valence-electron chi connectivity index (χ3n) is 6.70. The van der Waals surface area contributed by atoms with Crippen LogP contribution in [0.5, 0.6) is 5.75 Å². The molecule has 1 aliphatic heterocycles. The number of carbonyl (C=O) groups is 3. The van der Waals surface area contributed by atoms with Gasteiger partial charge in [0.25, 0.3) is 0 Å². The van der Waals surface area contributed by atoms with Gasteiger partial charge in [-0.15, -0.1) is 0 Å². The van der Waals surface area contributed by atoms with E-state index in [1.165, 1.54) is 7.11 Å². The van der Waals surface area contributed by atoms with Crippen LogP contribution in [-0.2, 0) is 23.9 Å². The van der Waals surface area contributed by atoms with E-state index in [2.05, 4.69) is 5.32 Å². The first-order valence-corrected chi connectivity index (χ1v) is 12.1. The quantitative estimate of drug-likeness (QED) is 0.354. The Labute approximate surface area is 211 Å². The number of esters is 2. The number of hydrogen-bond acceptors (Lipinski definition) is 7. The summed E-state index contributed by atoms with van der Waals surface area (Å²) in [6.45, 7) is 5.89. The van der Waals surface area contributed by atoms with Crippen LogP contribution in [0, 0.1) is 18.8 Å². The molecule has 7 heteroatoms. The highest BCUT2D eigenvalue weighted by Gasteiger charge is 2.47. The number of ether oxygens (including phenoxy) is 3. The van der Waals surface area contributed by atoms with Gasteiger partial charge in [-0.05, 0) is 43.9 Å². The van der Waals surface area contributed by atoms with Gasteiger partial charge in [-0.3, -0.25) is 9.59 Å². The summed E-state index contributed by atoms with van der Waals surface area (Å²) >= 11 is 0. The van der Waals surface area contributed by atoms with Crippen LogP contribution in [-0.4, -0.2) is 38.0 Å². The Morgan fingerprint density at radius 2 is 1.69 bits per heavy atom. The smallest absolute Gasteiger partial charge is 0.336 e. The molecule has 0 fully saturated rings.